The first-order valence-electron chi connectivity index (χ1n) is 5.67. The summed E-state index contributed by atoms with van der Waals surface area (Å²) in [7, 11) is 0. The maximum Gasteiger partial charge on any atom is 0.181 e. The van der Waals surface area contributed by atoms with Gasteiger partial charge < -0.3 is 10.5 Å². The van der Waals surface area contributed by atoms with E-state index in [-0.39, 0.29) is 6.04 Å². The fourth-order valence-electron chi connectivity index (χ4n) is 1.48. The molecule has 0 bridgehead atoms. The van der Waals surface area contributed by atoms with Crippen LogP contribution in [0.3, 0.4) is 0 Å². The van der Waals surface area contributed by atoms with Crippen LogP contribution in [-0.2, 0) is 6.42 Å². The van der Waals surface area contributed by atoms with Crippen molar-refractivity contribution in [2.24, 2.45) is 5.73 Å². The van der Waals surface area contributed by atoms with Crippen LogP contribution in [0, 0.1) is 11.3 Å². The number of nitrogens with two attached hydrogens (primary N) is 1. The number of hydrogen-bond acceptors (Lipinski definition) is 3. The SMILES string of the molecule is CCC(N)Cc1cccc(Br)c1OC(C)C#N. The molecule has 3 nitrogen and oxygen atoms in total. The number of ether oxygens (including phenoxy) is 1. The average molecular weight is 297 g/mol. The van der Waals surface area contributed by atoms with Crippen LogP contribution in [0.25, 0.3) is 0 Å². The molecule has 4 heteroatoms. The first kappa shape index (κ1) is 14.0. The third-order valence-corrected chi connectivity index (χ3v) is 3.16. The zero-order valence-electron chi connectivity index (χ0n) is 10.1. The highest BCUT2D eigenvalue weighted by atomic mass is 79.9. The molecule has 0 saturated heterocycles. The molecule has 1 aromatic carbocycles. The summed E-state index contributed by atoms with van der Waals surface area (Å²) in [4.78, 5) is 0. The highest BCUT2D eigenvalue weighted by Crippen LogP contribution is 2.30. The van der Waals surface area contributed by atoms with E-state index in [1.807, 2.05) is 18.2 Å². The molecule has 2 atom stereocenters. The van der Waals surface area contributed by atoms with E-state index in [0.29, 0.717) is 0 Å². The second-order valence-corrected chi connectivity index (χ2v) is 4.84. The maximum atomic E-state index is 8.79. The van der Waals surface area contributed by atoms with E-state index in [1.54, 1.807) is 6.92 Å². The van der Waals surface area contributed by atoms with Gasteiger partial charge in [-0.3, -0.25) is 0 Å². The van der Waals surface area contributed by atoms with Gasteiger partial charge >= 0.3 is 0 Å². The van der Waals surface area contributed by atoms with Crippen LogP contribution < -0.4 is 10.5 Å². The Hall–Kier alpha value is -1.05. The molecule has 0 amide bonds. The van der Waals surface area contributed by atoms with Crippen LogP contribution in [0.2, 0.25) is 0 Å². The number of benzene rings is 1. The van der Waals surface area contributed by atoms with Gasteiger partial charge in [0.25, 0.3) is 0 Å². The lowest BCUT2D eigenvalue weighted by atomic mass is 10.0. The molecular weight excluding hydrogens is 280 g/mol. The van der Waals surface area contributed by atoms with Crippen LogP contribution in [0.15, 0.2) is 22.7 Å². The van der Waals surface area contributed by atoms with Crippen molar-refractivity contribution in [3.05, 3.63) is 28.2 Å². The smallest absolute Gasteiger partial charge is 0.181 e. The van der Waals surface area contributed by atoms with Crippen LogP contribution in [0.1, 0.15) is 25.8 Å². The minimum absolute atomic E-state index is 0.115. The minimum atomic E-state index is -0.467. The summed E-state index contributed by atoms with van der Waals surface area (Å²) >= 11 is 3.44. The molecule has 17 heavy (non-hydrogen) atoms. The standard InChI is InChI=1S/C13H17BrN2O/c1-3-11(16)7-10-5-4-6-12(14)13(10)17-9(2)8-15/h4-6,9,11H,3,7,16H2,1-2H3. The summed E-state index contributed by atoms with van der Waals surface area (Å²) in [6, 6.07) is 8.01. The number of nitrogens with zero attached hydrogens (tertiary/aromatic N) is 1. The van der Waals surface area contributed by atoms with E-state index in [0.717, 1.165) is 28.6 Å². The fraction of sp³-hybridized carbons (Fsp3) is 0.462. The molecule has 2 N–H and O–H groups in total. The molecule has 0 heterocycles. The third kappa shape index (κ3) is 4.03. The Kier molecular flexibility index (Phi) is 5.46. The third-order valence-electron chi connectivity index (χ3n) is 2.53. The molecule has 0 radical (unpaired) electrons. The van der Waals surface area contributed by atoms with Crippen LogP contribution in [-0.4, -0.2) is 12.1 Å². The van der Waals surface area contributed by atoms with Crippen molar-refractivity contribution in [2.45, 2.75) is 38.8 Å². The fourth-order valence-corrected chi connectivity index (χ4v) is 1.98. The average Bonchev–Trinajstić information content (AvgIpc) is 2.33. The van der Waals surface area contributed by atoms with E-state index in [1.165, 1.54) is 0 Å². The highest BCUT2D eigenvalue weighted by molar-refractivity contribution is 9.10. The quantitative estimate of drug-likeness (QED) is 0.908. The van der Waals surface area contributed by atoms with Crippen molar-refractivity contribution in [1.82, 2.24) is 0 Å². The largest absolute Gasteiger partial charge is 0.474 e. The van der Waals surface area contributed by atoms with Crippen molar-refractivity contribution < 1.29 is 4.74 Å². The summed E-state index contributed by atoms with van der Waals surface area (Å²) in [6.07, 6.45) is 1.20. The normalized spacial score (nSPS) is 13.8. The molecule has 0 aliphatic carbocycles. The van der Waals surface area contributed by atoms with Gasteiger partial charge in [0.05, 0.1) is 4.47 Å². The zero-order chi connectivity index (χ0) is 12.8. The van der Waals surface area contributed by atoms with Gasteiger partial charge in [0.15, 0.2) is 6.10 Å². The van der Waals surface area contributed by atoms with E-state index in [4.69, 9.17) is 15.7 Å². The first-order chi connectivity index (χ1) is 8.08. The number of halogens is 1. The van der Waals surface area contributed by atoms with Gasteiger partial charge in [-0.15, -0.1) is 0 Å². The molecule has 0 saturated carbocycles. The van der Waals surface area contributed by atoms with Crippen molar-refractivity contribution >= 4 is 15.9 Å². The maximum absolute atomic E-state index is 8.79. The van der Waals surface area contributed by atoms with Gasteiger partial charge in [-0.25, -0.2) is 0 Å². The lowest BCUT2D eigenvalue weighted by Gasteiger charge is -2.16. The van der Waals surface area contributed by atoms with E-state index < -0.39 is 6.10 Å². The van der Waals surface area contributed by atoms with Crippen LogP contribution >= 0.6 is 15.9 Å². The van der Waals surface area contributed by atoms with Crippen LogP contribution in [0.4, 0.5) is 0 Å². The van der Waals surface area contributed by atoms with E-state index >= 15 is 0 Å². The molecule has 0 aliphatic rings. The Morgan fingerprint density at radius 3 is 2.82 bits per heavy atom. The van der Waals surface area contributed by atoms with Gasteiger partial charge in [0, 0.05) is 6.04 Å². The summed E-state index contributed by atoms with van der Waals surface area (Å²) in [6.45, 7) is 3.78. The molecule has 0 aromatic heterocycles. The summed E-state index contributed by atoms with van der Waals surface area (Å²) in [5, 5.41) is 8.79. The van der Waals surface area contributed by atoms with Crippen molar-refractivity contribution in [2.75, 3.05) is 0 Å². The lowest BCUT2D eigenvalue weighted by Crippen LogP contribution is -2.22. The molecule has 0 aliphatic heterocycles. The monoisotopic (exact) mass is 296 g/mol. The Morgan fingerprint density at radius 1 is 1.53 bits per heavy atom. The number of hydrogen-bond donors (Lipinski definition) is 1. The molecule has 2 unspecified atom stereocenters. The number of para-hydroxylation sites is 1. The molecule has 92 valence electrons. The Morgan fingerprint density at radius 2 is 2.24 bits per heavy atom. The Balaban J connectivity index is 2.96. The van der Waals surface area contributed by atoms with Gasteiger partial charge in [-0.2, -0.15) is 5.26 Å². The highest BCUT2D eigenvalue weighted by Gasteiger charge is 2.13. The second-order valence-electron chi connectivity index (χ2n) is 3.99. The zero-order valence-corrected chi connectivity index (χ0v) is 11.7. The predicted octanol–water partition coefficient (Wildman–Crippen LogP) is 3.02. The number of nitriles is 1. The molecule has 0 fully saturated rings. The first-order valence-corrected chi connectivity index (χ1v) is 6.47. The van der Waals surface area contributed by atoms with Gasteiger partial charge in [0.2, 0.25) is 0 Å². The molecular formula is C13H17BrN2O. The molecule has 1 rings (SSSR count). The minimum Gasteiger partial charge on any atom is -0.474 e. The Labute approximate surface area is 111 Å². The molecule has 0 spiro atoms. The van der Waals surface area contributed by atoms with E-state index in [2.05, 4.69) is 28.9 Å². The summed E-state index contributed by atoms with van der Waals surface area (Å²) in [5.74, 6) is 0.727. The van der Waals surface area contributed by atoms with Crippen LogP contribution in [0.5, 0.6) is 5.75 Å². The molecule has 1 aromatic rings. The van der Waals surface area contributed by atoms with Crippen molar-refractivity contribution in [3.63, 3.8) is 0 Å². The van der Waals surface area contributed by atoms with Gasteiger partial charge in [0.1, 0.15) is 11.8 Å². The van der Waals surface area contributed by atoms with Crippen molar-refractivity contribution in [1.29, 1.82) is 5.26 Å². The lowest BCUT2D eigenvalue weighted by molar-refractivity contribution is 0.271. The van der Waals surface area contributed by atoms with Gasteiger partial charge in [-0.05, 0) is 47.3 Å². The van der Waals surface area contributed by atoms with Crippen molar-refractivity contribution in [3.8, 4) is 11.8 Å². The van der Waals surface area contributed by atoms with E-state index in [9.17, 15) is 0 Å². The van der Waals surface area contributed by atoms with Gasteiger partial charge in [-0.1, -0.05) is 19.1 Å². The Bertz CT molecular complexity index is 414. The summed E-state index contributed by atoms with van der Waals surface area (Å²) < 4.78 is 6.47. The second kappa shape index (κ2) is 6.63. The number of rotatable bonds is 5. The predicted molar refractivity (Wildman–Crippen MR) is 71.8 cm³/mol. The topological polar surface area (TPSA) is 59.0 Å². The summed E-state index contributed by atoms with van der Waals surface area (Å²) in [5.41, 5.74) is 6.99.